The first-order valence-electron chi connectivity index (χ1n) is 7.12. The summed E-state index contributed by atoms with van der Waals surface area (Å²) in [4.78, 5) is 13.2. The lowest BCUT2D eigenvalue weighted by atomic mass is 9.95. The number of amides is 1. The molecule has 1 atom stereocenters. The molecule has 2 aromatic heterocycles. The van der Waals surface area contributed by atoms with Crippen LogP contribution in [0.5, 0.6) is 0 Å². The first-order valence-corrected chi connectivity index (χ1v) is 8.00. The number of carbonyl (C=O) groups excluding carboxylic acids is 1. The quantitative estimate of drug-likeness (QED) is 0.892. The molecule has 1 saturated carbocycles. The van der Waals surface area contributed by atoms with E-state index in [0.29, 0.717) is 17.1 Å². The van der Waals surface area contributed by atoms with Gasteiger partial charge in [0.15, 0.2) is 0 Å². The van der Waals surface area contributed by atoms with E-state index in [-0.39, 0.29) is 18.4 Å². The van der Waals surface area contributed by atoms with Crippen molar-refractivity contribution in [3.63, 3.8) is 0 Å². The van der Waals surface area contributed by atoms with Gasteiger partial charge in [-0.1, -0.05) is 6.07 Å². The Bertz CT molecular complexity index is 643. The van der Waals surface area contributed by atoms with Crippen LogP contribution in [0.25, 0.3) is 0 Å². The summed E-state index contributed by atoms with van der Waals surface area (Å²) in [7, 11) is 0. The van der Waals surface area contributed by atoms with Crippen molar-refractivity contribution < 1.29 is 14.3 Å². The van der Waals surface area contributed by atoms with E-state index in [1.54, 1.807) is 13.0 Å². The molecule has 112 valence electrons. The molecule has 2 aromatic rings. The van der Waals surface area contributed by atoms with Crippen molar-refractivity contribution in [2.75, 3.05) is 6.54 Å². The van der Waals surface area contributed by atoms with Gasteiger partial charge in [0.1, 0.15) is 17.1 Å². The van der Waals surface area contributed by atoms with Gasteiger partial charge in [-0.05, 0) is 50.1 Å². The lowest BCUT2D eigenvalue weighted by molar-refractivity contribution is 0.0169. The van der Waals surface area contributed by atoms with E-state index >= 15 is 0 Å². The van der Waals surface area contributed by atoms with Gasteiger partial charge in [-0.15, -0.1) is 11.3 Å². The number of hydrogen-bond donors (Lipinski definition) is 2. The molecule has 0 saturated heterocycles. The van der Waals surface area contributed by atoms with Gasteiger partial charge in [0.2, 0.25) is 0 Å². The molecule has 0 aromatic carbocycles. The van der Waals surface area contributed by atoms with E-state index in [1.807, 2.05) is 24.4 Å². The van der Waals surface area contributed by atoms with Crippen molar-refractivity contribution in [3.05, 3.63) is 45.5 Å². The summed E-state index contributed by atoms with van der Waals surface area (Å²) in [6.07, 6.45) is 2.02. The van der Waals surface area contributed by atoms with E-state index in [9.17, 15) is 9.90 Å². The Morgan fingerprint density at radius 2 is 2.29 bits per heavy atom. The zero-order valence-corrected chi connectivity index (χ0v) is 13.0. The Morgan fingerprint density at radius 3 is 2.81 bits per heavy atom. The van der Waals surface area contributed by atoms with Crippen LogP contribution in [0.4, 0.5) is 0 Å². The smallest absolute Gasteiger partial charge is 0.254 e. The van der Waals surface area contributed by atoms with E-state index < -0.39 is 5.60 Å². The Hall–Kier alpha value is -1.59. The van der Waals surface area contributed by atoms with Crippen LogP contribution in [0.3, 0.4) is 0 Å². The molecule has 0 bridgehead atoms. The molecule has 21 heavy (non-hydrogen) atoms. The van der Waals surface area contributed by atoms with Crippen LogP contribution in [0.15, 0.2) is 28.0 Å². The van der Waals surface area contributed by atoms with Gasteiger partial charge in [-0.25, -0.2) is 0 Å². The molecule has 5 heteroatoms. The minimum atomic E-state index is -0.948. The molecule has 3 rings (SSSR count). The number of carbonyl (C=O) groups is 1. The van der Waals surface area contributed by atoms with Crippen LogP contribution in [0, 0.1) is 19.8 Å². The average Bonchev–Trinajstić information content (AvgIpc) is 3.05. The molecule has 2 N–H and O–H groups in total. The lowest BCUT2D eigenvalue weighted by Gasteiger charge is -2.27. The van der Waals surface area contributed by atoms with E-state index in [2.05, 4.69) is 5.32 Å². The first-order chi connectivity index (χ1) is 10.0. The third-order valence-corrected chi connectivity index (χ3v) is 5.04. The maximum atomic E-state index is 12.3. The number of thiophene rings is 1. The second-order valence-electron chi connectivity index (χ2n) is 5.69. The Balaban J connectivity index is 1.73. The van der Waals surface area contributed by atoms with E-state index in [0.717, 1.165) is 17.7 Å². The number of nitrogens with one attached hydrogen (secondary N) is 1. The normalized spacial score (nSPS) is 17.5. The lowest BCUT2D eigenvalue weighted by Crippen LogP contribution is -2.42. The second kappa shape index (κ2) is 5.31. The zero-order valence-electron chi connectivity index (χ0n) is 12.2. The van der Waals surface area contributed by atoms with Gasteiger partial charge in [0.25, 0.3) is 5.91 Å². The topological polar surface area (TPSA) is 62.5 Å². The molecule has 0 unspecified atom stereocenters. The van der Waals surface area contributed by atoms with Crippen LogP contribution in [0.1, 0.15) is 39.6 Å². The standard InChI is InChI=1S/C16H19NO3S/c1-10-8-13(11(2)20-10)15(18)17-9-16(19,12-5-6-12)14-4-3-7-21-14/h3-4,7-8,12,19H,5-6,9H2,1-2H3,(H,17,18)/t16-/m1/s1. The van der Waals surface area contributed by atoms with Crippen molar-refractivity contribution in [1.82, 2.24) is 5.32 Å². The Labute approximate surface area is 127 Å². The predicted molar refractivity (Wildman–Crippen MR) is 81.5 cm³/mol. The summed E-state index contributed by atoms with van der Waals surface area (Å²) < 4.78 is 5.38. The molecule has 4 nitrogen and oxygen atoms in total. The SMILES string of the molecule is Cc1cc(C(=O)NC[C@](O)(c2cccs2)C2CC2)c(C)o1. The highest BCUT2D eigenvalue weighted by Gasteiger charge is 2.46. The van der Waals surface area contributed by atoms with Gasteiger partial charge < -0.3 is 14.8 Å². The number of aliphatic hydroxyl groups is 1. The molecule has 2 heterocycles. The molecule has 0 aliphatic heterocycles. The molecule has 1 aliphatic carbocycles. The van der Waals surface area contributed by atoms with E-state index in [1.165, 1.54) is 11.3 Å². The third-order valence-electron chi connectivity index (χ3n) is 4.00. The summed E-state index contributed by atoms with van der Waals surface area (Å²) in [6, 6.07) is 5.59. The highest BCUT2D eigenvalue weighted by molar-refractivity contribution is 7.10. The maximum absolute atomic E-state index is 12.3. The van der Waals surface area contributed by atoms with Gasteiger partial charge >= 0.3 is 0 Å². The number of rotatable bonds is 5. The molecular weight excluding hydrogens is 286 g/mol. The predicted octanol–water partition coefficient (Wildman–Crippen LogP) is 2.99. The van der Waals surface area contributed by atoms with Gasteiger partial charge in [-0.2, -0.15) is 0 Å². The fourth-order valence-electron chi connectivity index (χ4n) is 2.68. The van der Waals surface area contributed by atoms with Crippen LogP contribution < -0.4 is 5.32 Å². The maximum Gasteiger partial charge on any atom is 0.254 e. The third kappa shape index (κ3) is 2.76. The van der Waals surface area contributed by atoms with Crippen molar-refractivity contribution in [1.29, 1.82) is 0 Å². The summed E-state index contributed by atoms with van der Waals surface area (Å²) in [5.74, 6) is 1.37. The molecule has 1 amide bonds. The van der Waals surface area contributed by atoms with Crippen molar-refractivity contribution in [2.45, 2.75) is 32.3 Å². The minimum Gasteiger partial charge on any atom is -0.466 e. The highest BCUT2D eigenvalue weighted by Crippen LogP contribution is 2.46. The molecule has 0 spiro atoms. The fourth-order valence-corrected chi connectivity index (χ4v) is 3.59. The van der Waals surface area contributed by atoms with Gasteiger partial charge in [0.05, 0.1) is 12.1 Å². The number of hydrogen-bond acceptors (Lipinski definition) is 4. The minimum absolute atomic E-state index is 0.194. The highest BCUT2D eigenvalue weighted by atomic mass is 32.1. The Morgan fingerprint density at radius 1 is 1.52 bits per heavy atom. The summed E-state index contributed by atoms with van der Waals surface area (Å²) >= 11 is 1.53. The van der Waals surface area contributed by atoms with Crippen LogP contribution in [-0.4, -0.2) is 17.6 Å². The summed E-state index contributed by atoms with van der Waals surface area (Å²) in [6.45, 7) is 3.82. The van der Waals surface area contributed by atoms with Gasteiger partial charge in [0, 0.05) is 4.88 Å². The van der Waals surface area contributed by atoms with Crippen LogP contribution >= 0.6 is 11.3 Å². The average molecular weight is 305 g/mol. The monoisotopic (exact) mass is 305 g/mol. The largest absolute Gasteiger partial charge is 0.466 e. The van der Waals surface area contributed by atoms with Crippen molar-refractivity contribution in [3.8, 4) is 0 Å². The van der Waals surface area contributed by atoms with E-state index in [4.69, 9.17) is 4.42 Å². The molecule has 1 fully saturated rings. The Kier molecular flexibility index (Phi) is 3.63. The molecular formula is C16H19NO3S. The molecule has 1 aliphatic rings. The van der Waals surface area contributed by atoms with Crippen molar-refractivity contribution in [2.24, 2.45) is 5.92 Å². The summed E-state index contributed by atoms with van der Waals surface area (Å²) in [5, 5.41) is 15.8. The van der Waals surface area contributed by atoms with Crippen molar-refractivity contribution >= 4 is 17.2 Å². The number of furan rings is 1. The number of aryl methyl sites for hydroxylation is 2. The second-order valence-corrected chi connectivity index (χ2v) is 6.63. The summed E-state index contributed by atoms with van der Waals surface area (Å²) in [5.41, 5.74) is -0.409. The molecule has 0 radical (unpaired) electrons. The fraction of sp³-hybridized carbons (Fsp3) is 0.438. The van der Waals surface area contributed by atoms with Crippen LogP contribution in [-0.2, 0) is 5.60 Å². The van der Waals surface area contributed by atoms with Gasteiger partial charge in [-0.3, -0.25) is 4.79 Å². The first kappa shape index (κ1) is 14.4. The van der Waals surface area contributed by atoms with Crippen LogP contribution in [0.2, 0.25) is 0 Å². The zero-order chi connectivity index (χ0) is 15.0.